The highest BCUT2D eigenvalue weighted by Gasteiger charge is 2.27. The second-order valence-electron chi connectivity index (χ2n) is 6.79. The lowest BCUT2D eigenvalue weighted by Gasteiger charge is -2.29. The highest BCUT2D eigenvalue weighted by Crippen LogP contribution is 2.36. The summed E-state index contributed by atoms with van der Waals surface area (Å²) in [4.78, 5) is 21.8. The molecule has 0 radical (unpaired) electrons. The van der Waals surface area contributed by atoms with Crippen LogP contribution in [0.5, 0.6) is 5.75 Å². The van der Waals surface area contributed by atoms with Crippen molar-refractivity contribution < 1.29 is 19.4 Å². The average Bonchev–Trinajstić information content (AvgIpc) is 2.70. The van der Waals surface area contributed by atoms with E-state index in [4.69, 9.17) is 21.1 Å². The van der Waals surface area contributed by atoms with Gasteiger partial charge in [-0.05, 0) is 24.6 Å². The Bertz CT molecular complexity index is 1010. The molecule has 1 amide bonds. The lowest BCUT2D eigenvalue weighted by atomic mass is 9.98. The third-order valence-corrected chi connectivity index (χ3v) is 5.18. The molecule has 1 unspecified atom stereocenters. The molecule has 29 heavy (non-hydrogen) atoms. The second kappa shape index (κ2) is 7.41. The number of cyclic esters (lactones) is 1. The minimum absolute atomic E-state index is 0.142. The Morgan fingerprint density at radius 2 is 2.28 bits per heavy atom. The van der Waals surface area contributed by atoms with Crippen LogP contribution >= 0.6 is 11.6 Å². The number of nitrogens with one attached hydrogen (secondary N) is 2. The number of anilines is 3. The summed E-state index contributed by atoms with van der Waals surface area (Å²) in [5.41, 5.74) is 2.97. The first-order valence-corrected chi connectivity index (χ1v) is 9.31. The van der Waals surface area contributed by atoms with Gasteiger partial charge in [0.05, 0.1) is 23.7 Å². The Morgan fingerprint density at radius 1 is 1.48 bits per heavy atom. The van der Waals surface area contributed by atoms with Gasteiger partial charge in [-0.1, -0.05) is 11.6 Å². The Morgan fingerprint density at radius 3 is 3.03 bits per heavy atom. The summed E-state index contributed by atoms with van der Waals surface area (Å²) in [5, 5.41) is 17.3. The lowest BCUT2D eigenvalue weighted by molar-refractivity contribution is 0.143. The number of aliphatic hydroxyl groups excluding tert-OH is 1. The van der Waals surface area contributed by atoms with Gasteiger partial charge < -0.3 is 25.2 Å². The lowest BCUT2D eigenvalue weighted by Crippen LogP contribution is -2.35. The highest BCUT2D eigenvalue weighted by atomic mass is 35.5. The number of methoxy groups -OCH3 is 1. The van der Waals surface area contributed by atoms with Crippen LogP contribution in [-0.4, -0.2) is 47.6 Å². The smallest absolute Gasteiger partial charge is 0.415 e. The number of aliphatic hydroxyl groups is 1. The number of hydrogen-bond donors (Lipinski definition) is 3. The van der Waals surface area contributed by atoms with E-state index in [1.54, 1.807) is 25.4 Å². The largest absolute Gasteiger partial charge is 0.495 e. The van der Waals surface area contributed by atoms with Gasteiger partial charge in [0.15, 0.2) is 0 Å². The number of aromatic nitrogens is 2. The number of carbonyl (C=O) groups excluding carboxylic acids is 1. The van der Waals surface area contributed by atoms with E-state index in [1.807, 2.05) is 13.0 Å². The monoisotopic (exact) mass is 417 g/mol. The standard InChI is InChI=1S/C19H20ClN5O4/c1-9(22-18-21-7-11-8-29-19(27)25(2)16(11)24-18)12-4-10-5-13(20)15(28-3)6-14(10)23-17(12)26/h4-7,9,17,23,26H,8H2,1-3H3,(H,21,22,24)/t9-,17?/m0/s1. The summed E-state index contributed by atoms with van der Waals surface area (Å²) in [6.45, 7) is 2.02. The number of nitrogens with zero attached hydrogens (tertiary/aromatic N) is 3. The van der Waals surface area contributed by atoms with Crippen molar-refractivity contribution in [2.24, 2.45) is 0 Å². The van der Waals surface area contributed by atoms with E-state index in [-0.39, 0.29) is 12.6 Å². The Balaban J connectivity index is 1.59. The van der Waals surface area contributed by atoms with E-state index in [1.165, 1.54) is 12.0 Å². The van der Waals surface area contributed by atoms with Crippen LogP contribution in [0.1, 0.15) is 18.1 Å². The summed E-state index contributed by atoms with van der Waals surface area (Å²) < 4.78 is 10.2. The molecule has 2 aromatic rings. The van der Waals surface area contributed by atoms with Gasteiger partial charge in [0.2, 0.25) is 5.95 Å². The number of rotatable bonds is 4. The number of amides is 1. The zero-order valence-electron chi connectivity index (χ0n) is 16.1. The predicted molar refractivity (Wildman–Crippen MR) is 109 cm³/mol. The molecule has 0 saturated carbocycles. The molecule has 2 aliphatic rings. The fourth-order valence-electron chi connectivity index (χ4n) is 3.28. The van der Waals surface area contributed by atoms with Crippen molar-refractivity contribution in [1.82, 2.24) is 9.97 Å². The minimum Gasteiger partial charge on any atom is -0.495 e. The van der Waals surface area contributed by atoms with E-state index in [9.17, 15) is 9.90 Å². The Hall–Kier alpha value is -3.04. The Kier molecular flexibility index (Phi) is 4.93. The molecule has 1 aromatic heterocycles. The Labute approximate surface area is 172 Å². The van der Waals surface area contributed by atoms with E-state index in [0.717, 1.165) is 16.8 Å². The van der Waals surface area contributed by atoms with Crippen LogP contribution in [0.2, 0.25) is 5.02 Å². The molecule has 0 saturated heterocycles. The molecule has 2 aliphatic heterocycles. The molecule has 2 atom stereocenters. The number of ether oxygens (including phenoxy) is 2. The summed E-state index contributed by atoms with van der Waals surface area (Å²) in [7, 11) is 3.13. The maximum atomic E-state index is 11.7. The highest BCUT2D eigenvalue weighted by molar-refractivity contribution is 6.32. The van der Waals surface area contributed by atoms with Gasteiger partial charge in [0.1, 0.15) is 24.4 Å². The first-order valence-electron chi connectivity index (χ1n) is 8.94. The van der Waals surface area contributed by atoms with E-state index in [0.29, 0.717) is 28.1 Å². The summed E-state index contributed by atoms with van der Waals surface area (Å²) >= 11 is 6.23. The molecule has 10 heteroatoms. The third kappa shape index (κ3) is 3.54. The molecule has 1 aromatic carbocycles. The van der Waals surface area contributed by atoms with Crippen molar-refractivity contribution in [3.05, 3.63) is 40.1 Å². The first kappa shape index (κ1) is 19.3. The van der Waals surface area contributed by atoms with Gasteiger partial charge in [0.25, 0.3) is 0 Å². The molecule has 152 valence electrons. The van der Waals surface area contributed by atoms with E-state index < -0.39 is 12.3 Å². The first-order chi connectivity index (χ1) is 13.9. The molecule has 3 heterocycles. The molecule has 9 nitrogen and oxygen atoms in total. The molecule has 4 rings (SSSR count). The number of fused-ring (bicyclic) bond motifs is 2. The van der Waals surface area contributed by atoms with Gasteiger partial charge in [-0.15, -0.1) is 0 Å². The van der Waals surface area contributed by atoms with Crippen LogP contribution in [-0.2, 0) is 11.3 Å². The summed E-state index contributed by atoms with van der Waals surface area (Å²) in [5.74, 6) is 1.36. The van der Waals surface area contributed by atoms with Gasteiger partial charge in [-0.3, -0.25) is 4.90 Å². The van der Waals surface area contributed by atoms with Crippen molar-refractivity contribution >= 4 is 41.2 Å². The maximum absolute atomic E-state index is 11.7. The van der Waals surface area contributed by atoms with Crippen LogP contribution in [0.4, 0.5) is 22.2 Å². The zero-order valence-corrected chi connectivity index (χ0v) is 16.8. The van der Waals surface area contributed by atoms with Crippen molar-refractivity contribution in [1.29, 1.82) is 0 Å². The predicted octanol–water partition coefficient (Wildman–Crippen LogP) is 2.85. The fraction of sp³-hybridized carbons (Fsp3) is 0.316. The quantitative estimate of drug-likeness (QED) is 0.696. The van der Waals surface area contributed by atoms with Crippen LogP contribution in [0.25, 0.3) is 6.08 Å². The molecule has 0 fully saturated rings. The molecule has 0 spiro atoms. The SMILES string of the molecule is COc1cc2c(cc1Cl)C=C([C@H](C)Nc1ncc3c(n1)N(C)C(=O)OC3)C(O)N2. The number of halogens is 1. The van der Waals surface area contributed by atoms with Crippen molar-refractivity contribution in [3.8, 4) is 5.75 Å². The van der Waals surface area contributed by atoms with Gasteiger partial charge >= 0.3 is 6.09 Å². The minimum atomic E-state index is -0.911. The van der Waals surface area contributed by atoms with Crippen molar-refractivity contribution in [3.63, 3.8) is 0 Å². The third-order valence-electron chi connectivity index (χ3n) is 4.88. The maximum Gasteiger partial charge on any atom is 0.415 e. The van der Waals surface area contributed by atoms with Crippen LogP contribution in [0, 0.1) is 0 Å². The number of benzene rings is 1. The van der Waals surface area contributed by atoms with E-state index >= 15 is 0 Å². The van der Waals surface area contributed by atoms with E-state index in [2.05, 4.69) is 20.6 Å². The van der Waals surface area contributed by atoms with Crippen molar-refractivity contribution in [2.75, 3.05) is 29.7 Å². The summed E-state index contributed by atoms with van der Waals surface area (Å²) in [6.07, 6.45) is 2.10. The van der Waals surface area contributed by atoms with Gasteiger partial charge in [0, 0.05) is 30.6 Å². The second-order valence-corrected chi connectivity index (χ2v) is 7.19. The summed E-state index contributed by atoms with van der Waals surface area (Å²) in [6, 6.07) is 3.22. The molecule has 0 aliphatic carbocycles. The molecule has 0 bridgehead atoms. The average molecular weight is 418 g/mol. The number of hydrogen-bond acceptors (Lipinski definition) is 8. The van der Waals surface area contributed by atoms with Gasteiger partial charge in [-0.25, -0.2) is 9.78 Å². The molecule has 3 N–H and O–H groups in total. The fourth-order valence-corrected chi connectivity index (χ4v) is 3.53. The topological polar surface area (TPSA) is 109 Å². The number of carbonyl (C=O) groups is 1. The van der Waals surface area contributed by atoms with Crippen LogP contribution < -0.4 is 20.3 Å². The molecular formula is C19H20ClN5O4. The molecular weight excluding hydrogens is 398 g/mol. The van der Waals surface area contributed by atoms with Gasteiger partial charge in [-0.2, -0.15) is 4.98 Å². The van der Waals surface area contributed by atoms with Crippen LogP contribution in [0.15, 0.2) is 23.9 Å². The normalized spacial score (nSPS) is 18.7. The van der Waals surface area contributed by atoms with Crippen molar-refractivity contribution in [2.45, 2.75) is 25.8 Å². The van der Waals surface area contributed by atoms with Crippen LogP contribution in [0.3, 0.4) is 0 Å². The zero-order chi connectivity index (χ0) is 20.7.